The maximum atomic E-state index is 12.2. The lowest BCUT2D eigenvalue weighted by atomic mass is 10.2. The standard InChI is InChI=1S/C9H10F2N4/c10-9(11)7(12)4-6-5-8-13-2-1-3-15(8)14-6/h1-3,5,7,9H,4,12H2. The maximum absolute atomic E-state index is 12.2. The van der Waals surface area contributed by atoms with E-state index in [1.165, 1.54) is 4.52 Å². The van der Waals surface area contributed by atoms with Crippen molar-refractivity contribution >= 4 is 5.65 Å². The van der Waals surface area contributed by atoms with Gasteiger partial charge in [0.2, 0.25) is 0 Å². The van der Waals surface area contributed by atoms with Crippen molar-refractivity contribution in [1.82, 2.24) is 14.6 Å². The van der Waals surface area contributed by atoms with Crippen LogP contribution in [-0.4, -0.2) is 27.1 Å². The van der Waals surface area contributed by atoms with Crippen molar-refractivity contribution in [1.29, 1.82) is 0 Å². The van der Waals surface area contributed by atoms with Crippen molar-refractivity contribution in [2.24, 2.45) is 5.73 Å². The summed E-state index contributed by atoms with van der Waals surface area (Å²) in [6.45, 7) is 0. The highest BCUT2D eigenvalue weighted by Crippen LogP contribution is 2.08. The second-order valence-corrected chi connectivity index (χ2v) is 3.26. The Morgan fingerprint density at radius 1 is 1.47 bits per heavy atom. The lowest BCUT2D eigenvalue weighted by Crippen LogP contribution is -2.31. The van der Waals surface area contributed by atoms with Gasteiger partial charge >= 0.3 is 0 Å². The third-order valence-electron chi connectivity index (χ3n) is 2.06. The summed E-state index contributed by atoms with van der Waals surface area (Å²) in [4.78, 5) is 4.03. The second kappa shape index (κ2) is 3.90. The number of alkyl halides is 2. The molecule has 0 saturated heterocycles. The Morgan fingerprint density at radius 3 is 2.93 bits per heavy atom. The van der Waals surface area contributed by atoms with Gasteiger partial charge in [-0.2, -0.15) is 5.10 Å². The smallest absolute Gasteiger partial charge is 0.253 e. The third kappa shape index (κ3) is 2.10. The van der Waals surface area contributed by atoms with Crippen LogP contribution in [0.1, 0.15) is 5.69 Å². The number of nitrogens with two attached hydrogens (primary N) is 1. The molecule has 0 aliphatic carbocycles. The molecule has 15 heavy (non-hydrogen) atoms. The molecular weight excluding hydrogens is 202 g/mol. The number of halogens is 2. The predicted molar refractivity (Wildman–Crippen MR) is 50.7 cm³/mol. The molecule has 4 nitrogen and oxygen atoms in total. The molecule has 2 rings (SSSR count). The van der Waals surface area contributed by atoms with Crippen LogP contribution in [-0.2, 0) is 6.42 Å². The zero-order valence-electron chi connectivity index (χ0n) is 7.85. The molecule has 2 N–H and O–H groups in total. The van der Waals surface area contributed by atoms with E-state index in [0.29, 0.717) is 11.3 Å². The fraction of sp³-hybridized carbons (Fsp3) is 0.333. The number of rotatable bonds is 3. The van der Waals surface area contributed by atoms with Crippen molar-refractivity contribution in [3.63, 3.8) is 0 Å². The van der Waals surface area contributed by atoms with E-state index in [-0.39, 0.29) is 6.42 Å². The Morgan fingerprint density at radius 2 is 2.27 bits per heavy atom. The molecule has 0 aliphatic rings. The molecule has 0 aliphatic heterocycles. The highest BCUT2D eigenvalue weighted by Gasteiger charge is 2.17. The highest BCUT2D eigenvalue weighted by atomic mass is 19.3. The summed E-state index contributed by atoms with van der Waals surface area (Å²) >= 11 is 0. The van der Waals surface area contributed by atoms with Crippen LogP contribution in [0.5, 0.6) is 0 Å². The maximum Gasteiger partial charge on any atom is 0.253 e. The normalized spacial score (nSPS) is 13.6. The van der Waals surface area contributed by atoms with Gasteiger partial charge in [-0.05, 0) is 6.07 Å². The first-order chi connectivity index (χ1) is 7.16. The van der Waals surface area contributed by atoms with Crippen LogP contribution in [0.2, 0.25) is 0 Å². The SMILES string of the molecule is NC(Cc1cc2ncccn2n1)C(F)F. The topological polar surface area (TPSA) is 56.2 Å². The summed E-state index contributed by atoms with van der Waals surface area (Å²) in [5.74, 6) is 0. The Hall–Kier alpha value is -1.56. The molecule has 2 heterocycles. The van der Waals surface area contributed by atoms with Crippen LogP contribution in [0.25, 0.3) is 5.65 Å². The number of nitrogens with zero attached hydrogens (tertiary/aromatic N) is 3. The van der Waals surface area contributed by atoms with Gasteiger partial charge in [0.05, 0.1) is 11.7 Å². The van der Waals surface area contributed by atoms with Crippen molar-refractivity contribution in [2.45, 2.75) is 18.9 Å². The Bertz CT molecular complexity index is 421. The van der Waals surface area contributed by atoms with Crippen LogP contribution in [0, 0.1) is 0 Å². The van der Waals surface area contributed by atoms with E-state index in [0.717, 1.165) is 0 Å². The lowest BCUT2D eigenvalue weighted by Gasteiger charge is -2.06. The Labute approximate surface area is 84.7 Å². The fourth-order valence-corrected chi connectivity index (χ4v) is 1.31. The largest absolute Gasteiger partial charge is 0.323 e. The van der Waals surface area contributed by atoms with Crippen LogP contribution in [0.3, 0.4) is 0 Å². The molecule has 0 aromatic carbocycles. The monoisotopic (exact) mass is 212 g/mol. The third-order valence-corrected chi connectivity index (χ3v) is 2.06. The van der Waals surface area contributed by atoms with E-state index >= 15 is 0 Å². The van der Waals surface area contributed by atoms with E-state index in [4.69, 9.17) is 5.73 Å². The number of aromatic nitrogens is 3. The Kier molecular flexibility index (Phi) is 2.59. The van der Waals surface area contributed by atoms with Gasteiger partial charge in [0.25, 0.3) is 6.43 Å². The number of fused-ring (bicyclic) bond motifs is 1. The zero-order valence-corrected chi connectivity index (χ0v) is 7.85. The molecule has 0 fully saturated rings. The summed E-state index contributed by atoms with van der Waals surface area (Å²) in [5.41, 5.74) is 6.41. The van der Waals surface area contributed by atoms with Gasteiger partial charge in [-0.25, -0.2) is 18.3 Å². The van der Waals surface area contributed by atoms with Gasteiger partial charge in [0, 0.05) is 24.9 Å². The van der Waals surface area contributed by atoms with Gasteiger partial charge < -0.3 is 5.73 Å². The van der Waals surface area contributed by atoms with Gasteiger partial charge in [0.1, 0.15) is 0 Å². The van der Waals surface area contributed by atoms with Gasteiger partial charge in [-0.1, -0.05) is 0 Å². The second-order valence-electron chi connectivity index (χ2n) is 3.26. The molecule has 0 spiro atoms. The first-order valence-corrected chi connectivity index (χ1v) is 4.50. The summed E-state index contributed by atoms with van der Waals surface area (Å²) in [6.07, 6.45) is 0.858. The van der Waals surface area contributed by atoms with Crippen molar-refractivity contribution in [3.05, 3.63) is 30.2 Å². The minimum atomic E-state index is -2.53. The molecule has 0 amide bonds. The average molecular weight is 212 g/mol. The summed E-state index contributed by atoms with van der Waals surface area (Å²) in [6, 6.07) is 2.20. The number of hydrogen-bond donors (Lipinski definition) is 1. The molecule has 1 atom stereocenters. The van der Waals surface area contributed by atoms with E-state index in [2.05, 4.69) is 10.1 Å². The van der Waals surface area contributed by atoms with Gasteiger partial charge in [0.15, 0.2) is 5.65 Å². The van der Waals surface area contributed by atoms with Crippen LogP contribution in [0.15, 0.2) is 24.5 Å². The highest BCUT2D eigenvalue weighted by molar-refractivity contribution is 5.38. The van der Waals surface area contributed by atoms with Gasteiger partial charge in [-0.3, -0.25) is 0 Å². The molecule has 0 radical (unpaired) electrons. The summed E-state index contributed by atoms with van der Waals surface area (Å²) in [7, 11) is 0. The molecular formula is C9H10F2N4. The van der Waals surface area contributed by atoms with Crippen molar-refractivity contribution < 1.29 is 8.78 Å². The fourth-order valence-electron chi connectivity index (χ4n) is 1.31. The van der Waals surface area contributed by atoms with E-state index < -0.39 is 12.5 Å². The molecule has 0 saturated carbocycles. The van der Waals surface area contributed by atoms with Crippen LogP contribution >= 0.6 is 0 Å². The molecule has 0 bridgehead atoms. The summed E-state index contributed by atoms with van der Waals surface area (Å²) in [5, 5.41) is 4.08. The average Bonchev–Trinajstić information content (AvgIpc) is 2.59. The zero-order chi connectivity index (χ0) is 10.8. The lowest BCUT2D eigenvalue weighted by molar-refractivity contribution is 0.115. The van der Waals surface area contributed by atoms with Crippen molar-refractivity contribution in [3.8, 4) is 0 Å². The van der Waals surface area contributed by atoms with E-state index in [1.807, 2.05) is 0 Å². The molecule has 6 heteroatoms. The first-order valence-electron chi connectivity index (χ1n) is 4.50. The molecule has 2 aromatic heterocycles. The predicted octanol–water partition coefficient (Wildman–Crippen LogP) is 0.864. The molecule has 1 unspecified atom stereocenters. The Balaban J connectivity index is 2.22. The number of hydrogen-bond acceptors (Lipinski definition) is 3. The minimum Gasteiger partial charge on any atom is -0.323 e. The molecule has 2 aromatic rings. The minimum absolute atomic E-state index is 0.0566. The van der Waals surface area contributed by atoms with Crippen LogP contribution < -0.4 is 5.73 Å². The quantitative estimate of drug-likeness (QED) is 0.821. The molecule has 80 valence electrons. The van der Waals surface area contributed by atoms with E-state index in [1.54, 1.807) is 24.5 Å². The van der Waals surface area contributed by atoms with E-state index in [9.17, 15) is 8.78 Å². The van der Waals surface area contributed by atoms with Crippen molar-refractivity contribution in [2.75, 3.05) is 0 Å². The summed E-state index contributed by atoms with van der Waals surface area (Å²) < 4.78 is 25.9. The van der Waals surface area contributed by atoms with Gasteiger partial charge in [-0.15, -0.1) is 0 Å². The van der Waals surface area contributed by atoms with Crippen LogP contribution in [0.4, 0.5) is 8.78 Å². The first kappa shape index (κ1) is 9.97.